The highest BCUT2D eigenvalue weighted by Gasteiger charge is 2.40. The van der Waals surface area contributed by atoms with Crippen LogP contribution in [0.4, 0.5) is 11.6 Å². The summed E-state index contributed by atoms with van der Waals surface area (Å²) in [6.45, 7) is 9.21. The van der Waals surface area contributed by atoms with Gasteiger partial charge >= 0.3 is 5.97 Å². The second kappa shape index (κ2) is 9.38. The topological polar surface area (TPSA) is 98.5 Å². The molecule has 1 aliphatic rings. The number of aliphatic imine (C=N–C) groups is 1. The van der Waals surface area contributed by atoms with Crippen LogP contribution >= 0.6 is 11.6 Å². The maximum atomic E-state index is 13.6. The molecule has 34 heavy (non-hydrogen) atoms. The van der Waals surface area contributed by atoms with Crippen molar-refractivity contribution >= 4 is 40.8 Å². The molecular weight excluding hydrogens is 454 g/mol. The van der Waals surface area contributed by atoms with Crippen molar-refractivity contribution in [2.45, 2.75) is 46.8 Å². The summed E-state index contributed by atoms with van der Waals surface area (Å²) < 4.78 is 6.75. The van der Waals surface area contributed by atoms with Crippen LogP contribution in [0.5, 0.6) is 0 Å². The van der Waals surface area contributed by atoms with Gasteiger partial charge in [-0.25, -0.2) is 14.5 Å². The number of rotatable bonds is 5. The monoisotopic (exact) mass is 479 g/mol. The minimum absolute atomic E-state index is 0.109. The number of benzene rings is 2. The number of fused-ring (bicyclic) bond motifs is 1. The molecule has 8 nitrogen and oxygen atoms in total. The number of carbonyl (C=O) groups is 2. The largest absolute Gasteiger partial charge is 0.457 e. The summed E-state index contributed by atoms with van der Waals surface area (Å²) in [6, 6.07) is 12.4. The van der Waals surface area contributed by atoms with Gasteiger partial charge in [0, 0.05) is 16.4 Å². The van der Waals surface area contributed by atoms with Crippen LogP contribution in [0.15, 0.2) is 47.5 Å². The summed E-state index contributed by atoms with van der Waals surface area (Å²) >= 11 is 6.28. The first kappa shape index (κ1) is 23.6. The van der Waals surface area contributed by atoms with Gasteiger partial charge in [-0.15, -0.1) is 5.10 Å². The number of hydrogen-bond donors (Lipinski definition) is 1. The third kappa shape index (κ3) is 4.72. The van der Waals surface area contributed by atoms with Gasteiger partial charge in [-0.1, -0.05) is 41.4 Å². The maximum absolute atomic E-state index is 13.6. The van der Waals surface area contributed by atoms with Gasteiger partial charge in [-0.05, 0) is 63.9 Å². The SMILES string of the molecule is CC1=Nc2nc(C(=O)OC(C)C)nn2C(c2cccc(Cl)c2)C1C(=O)Nc1ccc(C)cc1C. The van der Waals surface area contributed by atoms with Crippen molar-refractivity contribution in [3.63, 3.8) is 0 Å². The third-order valence-electron chi connectivity index (χ3n) is 5.56. The van der Waals surface area contributed by atoms with E-state index in [1.807, 2.05) is 44.2 Å². The minimum atomic E-state index is -0.706. The van der Waals surface area contributed by atoms with Crippen LogP contribution in [0.25, 0.3) is 0 Å². The van der Waals surface area contributed by atoms with Gasteiger partial charge in [0.2, 0.25) is 11.9 Å². The summed E-state index contributed by atoms with van der Waals surface area (Å²) in [5.74, 6) is -1.48. The van der Waals surface area contributed by atoms with E-state index in [1.54, 1.807) is 32.9 Å². The smallest absolute Gasteiger partial charge is 0.378 e. The van der Waals surface area contributed by atoms with E-state index in [9.17, 15) is 9.59 Å². The molecule has 0 spiro atoms. The van der Waals surface area contributed by atoms with E-state index in [1.165, 1.54) is 4.68 Å². The Kier molecular flexibility index (Phi) is 6.52. The molecule has 4 rings (SSSR count). The number of esters is 1. The van der Waals surface area contributed by atoms with Crippen molar-refractivity contribution in [3.8, 4) is 0 Å². The number of carbonyl (C=O) groups excluding carboxylic acids is 2. The molecule has 2 unspecified atom stereocenters. The molecule has 1 amide bonds. The van der Waals surface area contributed by atoms with Gasteiger partial charge in [0.1, 0.15) is 5.92 Å². The number of amides is 1. The summed E-state index contributed by atoms with van der Waals surface area (Å²) in [5.41, 5.74) is 4.08. The fourth-order valence-electron chi connectivity index (χ4n) is 4.05. The zero-order valence-electron chi connectivity index (χ0n) is 19.7. The van der Waals surface area contributed by atoms with Crippen molar-refractivity contribution in [3.05, 3.63) is 70.0 Å². The van der Waals surface area contributed by atoms with E-state index in [-0.39, 0.29) is 23.8 Å². The van der Waals surface area contributed by atoms with Crippen molar-refractivity contribution < 1.29 is 14.3 Å². The van der Waals surface area contributed by atoms with Crippen molar-refractivity contribution in [2.75, 3.05) is 5.32 Å². The first-order chi connectivity index (χ1) is 16.1. The molecule has 0 bridgehead atoms. The van der Waals surface area contributed by atoms with Gasteiger partial charge in [0.15, 0.2) is 0 Å². The molecule has 1 N–H and O–H groups in total. The lowest BCUT2D eigenvalue weighted by Gasteiger charge is -2.30. The molecule has 0 saturated heterocycles. The van der Waals surface area contributed by atoms with Crippen LogP contribution in [0.1, 0.15) is 54.1 Å². The second-order valence-corrected chi connectivity index (χ2v) is 9.11. The van der Waals surface area contributed by atoms with Gasteiger partial charge in [0.25, 0.3) is 5.82 Å². The van der Waals surface area contributed by atoms with Gasteiger partial charge < -0.3 is 10.1 Å². The maximum Gasteiger partial charge on any atom is 0.378 e. The van der Waals surface area contributed by atoms with Crippen molar-refractivity contribution in [2.24, 2.45) is 10.9 Å². The van der Waals surface area contributed by atoms with E-state index in [2.05, 4.69) is 20.4 Å². The Morgan fingerprint density at radius 1 is 1.12 bits per heavy atom. The molecule has 0 saturated carbocycles. The van der Waals surface area contributed by atoms with E-state index in [0.29, 0.717) is 10.7 Å². The summed E-state index contributed by atoms with van der Waals surface area (Å²) in [5, 5.41) is 7.95. The molecule has 0 fully saturated rings. The highest BCUT2D eigenvalue weighted by molar-refractivity contribution is 6.30. The molecule has 0 aliphatic carbocycles. The van der Waals surface area contributed by atoms with Gasteiger partial charge in [-0.2, -0.15) is 4.98 Å². The summed E-state index contributed by atoms with van der Waals surface area (Å²) in [4.78, 5) is 34.9. The Morgan fingerprint density at radius 2 is 1.88 bits per heavy atom. The number of halogens is 1. The number of nitrogens with one attached hydrogen (secondary N) is 1. The van der Waals surface area contributed by atoms with Crippen molar-refractivity contribution in [1.29, 1.82) is 0 Å². The zero-order valence-corrected chi connectivity index (χ0v) is 20.4. The van der Waals surface area contributed by atoms with E-state index >= 15 is 0 Å². The molecule has 2 aromatic carbocycles. The van der Waals surface area contributed by atoms with Gasteiger partial charge in [0.05, 0.1) is 12.1 Å². The quantitative estimate of drug-likeness (QED) is 0.515. The first-order valence-corrected chi connectivity index (χ1v) is 11.4. The molecule has 1 aliphatic heterocycles. The molecule has 9 heteroatoms. The highest BCUT2D eigenvalue weighted by Crippen LogP contribution is 2.37. The fourth-order valence-corrected chi connectivity index (χ4v) is 4.25. The Morgan fingerprint density at radius 3 is 2.56 bits per heavy atom. The lowest BCUT2D eigenvalue weighted by Crippen LogP contribution is -2.39. The fraction of sp³-hybridized carbons (Fsp3) is 0.320. The van der Waals surface area contributed by atoms with Crippen LogP contribution < -0.4 is 5.32 Å². The first-order valence-electron chi connectivity index (χ1n) is 11.0. The average Bonchev–Trinajstić information content (AvgIpc) is 3.18. The normalized spacial score (nSPS) is 17.2. The number of anilines is 1. The van der Waals surface area contributed by atoms with E-state index < -0.39 is 17.9 Å². The highest BCUT2D eigenvalue weighted by atomic mass is 35.5. The van der Waals surface area contributed by atoms with Gasteiger partial charge in [-0.3, -0.25) is 4.79 Å². The number of nitrogens with zero attached hydrogens (tertiary/aromatic N) is 4. The second-order valence-electron chi connectivity index (χ2n) is 8.67. The predicted octanol–water partition coefficient (Wildman–Crippen LogP) is 5.06. The Balaban J connectivity index is 1.78. The van der Waals surface area contributed by atoms with Crippen LogP contribution in [-0.2, 0) is 9.53 Å². The van der Waals surface area contributed by atoms with E-state index in [0.717, 1.165) is 22.4 Å². The third-order valence-corrected chi connectivity index (χ3v) is 5.79. The Hall–Kier alpha value is -3.52. The Labute approximate surface area is 203 Å². The molecular formula is C25H26ClN5O3. The predicted molar refractivity (Wildman–Crippen MR) is 131 cm³/mol. The number of ether oxygens (including phenoxy) is 1. The molecule has 3 aromatic rings. The molecule has 1 aromatic heterocycles. The summed E-state index contributed by atoms with van der Waals surface area (Å²) in [7, 11) is 0. The number of aryl methyl sites for hydroxylation is 2. The summed E-state index contributed by atoms with van der Waals surface area (Å²) in [6.07, 6.45) is -0.321. The van der Waals surface area contributed by atoms with Crippen LogP contribution in [0.2, 0.25) is 5.02 Å². The lowest BCUT2D eigenvalue weighted by molar-refractivity contribution is -0.118. The van der Waals surface area contributed by atoms with E-state index in [4.69, 9.17) is 16.3 Å². The molecule has 176 valence electrons. The standard InChI is InChI=1S/C25H26ClN5O3/c1-13(2)34-24(33)22-29-25-27-16(5)20(23(32)28-19-10-9-14(3)11-15(19)4)21(31(25)30-22)17-7-6-8-18(26)12-17/h6-13,20-21H,1-5H3,(H,28,32). The molecule has 0 radical (unpaired) electrons. The lowest BCUT2D eigenvalue weighted by atomic mass is 9.87. The number of hydrogen-bond acceptors (Lipinski definition) is 6. The minimum Gasteiger partial charge on any atom is -0.457 e. The molecule has 2 heterocycles. The van der Waals surface area contributed by atoms with Crippen LogP contribution in [-0.4, -0.2) is 38.5 Å². The van der Waals surface area contributed by atoms with Crippen molar-refractivity contribution in [1.82, 2.24) is 14.8 Å². The average molecular weight is 480 g/mol. The number of aromatic nitrogens is 3. The zero-order chi connectivity index (χ0) is 24.6. The Bertz CT molecular complexity index is 1300. The molecule has 2 atom stereocenters. The van der Waals surface area contributed by atoms with Crippen LogP contribution in [0, 0.1) is 19.8 Å². The van der Waals surface area contributed by atoms with Crippen LogP contribution in [0.3, 0.4) is 0 Å².